The van der Waals surface area contributed by atoms with Crippen molar-refractivity contribution in [1.29, 1.82) is 0 Å². The van der Waals surface area contributed by atoms with Gasteiger partial charge in [0.25, 0.3) is 0 Å². The van der Waals surface area contributed by atoms with Crippen molar-refractivity contribution < 1.29 is 4.39 Å². The van der Waals surface area contributed by atoms with E-state index in [0.717, 1.165) is 10.9 Å². The molecule has 0 saturated carbocycles. The fourth-order valence-electron chi connectivity index (χ4n) is 2.11. The summed E-state index contributed by atoms with van der Waals surface area (Å²) >= 11 is 0. The molecule has 0 atom stereocenters. The predicted octanol–water partition coefficient (Wildman–Crippen LogP) is 2.98. The molecule has 0 aliphatic carbocycles. The second kappa shape index (κ2) is 5.35. The second-order valence-corrected chi connectivity index (χ2v) is 4.70. The Morgan fingerprint density at radius 1 is 1.24 bits per heavy atom. The van der Waals surface area contributed by atoms with Gasteiger partial charge < -0.3 is 10.6 Å². The number of hydrogen-bond donors (Lipinski definition) is 3. The topological polar surface area (TPSA) is 78.5 Å². The molecule has 0 radical (unpaired) electrons. The predicted molar refractivity (Wildman–Crippen MR) is 80.3 cm³/mol. The van der Waals surface area contributed by atoms with E-state index in [2.05, 4.69) is 30.8 Å². The zero-order chi connectivity index (χ0) is 14.8. The normalized spacial score (nSPS) is 10.8. The number of benzene rings is 1. The molecule has 7 heteroatoms. The molecule has 3 aromatic rings. The molecule has 0 fully saturated rings. The number of nitrogens with zero attached hydrogens (tertiary/aromatic N) is 3. The van der Waals surface area contributed by atoms with Gasteiger partial charge in [0.2, 0.25) is 5.95 Å². The van der Waals surface area contributed by atoms with Crippen LogP contribution in [0.15, 0.2) is 24.4 Å². The molecule has 21 heavy (non-hydrogen) atoms. The van der Waals surface area contributed by atoms with Gasteiger partial charge in [-0.3, -0.25) is 5.10 Å². The molecule has 6 nitrogen and oxygen atoms in total. The number of rotatable bonds is 4. The van der Waals surface area contributed by atoms with E-state index in [1.807, 2.05) is 19.9 Å². The standard InChI is InChI=1S/C14H15FN6/c1-3-16-14-19-12(11-7-17-21-13(11)20-14)18-10-5-8(2)4-9(15)6-10/h4-7H,3H2,1-2H3,(H3,16,17,18,19,20,21). The highest BCUT2D eigenvalue weighted by molar-refractivity contribution is 5.89. The van der Waals surface area contributed by atoms with Crippen molar-refractivity contribution in [2.45, 2.75) is 13.8 Å². The van der Waals surface area contributed by atoms with Crippen LogP contribution in [0.5, 0.6) is 0 Å². The van der Waals surface area contributed by atoms with Crippen LogP contribution in [0.25, 0.3) is 11.0 Å². The van der Waals surface area contributed by atoms with E-state index < -0.39 is 0 Å². The zero-order valence-corrected chi connectivity index (χ0v) is 11.7. The Bertz CT molecular complexity index is 762. The maximum Gasteiger partial charge on any atom is 0.226 e. The van der Waals surface area contributed by atoms with Crippen LogP contribution in [0.2, 0.25) is 0 Å². The van der Waals surface area contributed by atoms with Crippen LogP contribution in [0.3, 0.4) is 0 Å². The fraction of sp³-hybridized carbons (Fsp3) is 0.214. The summed E-state index contributed by atoms with van der Waals surface area (Å²) in [5.41, 5.74) is 2.09. The molecule has 0 saturated heterocycles. The molecule has 0 amide bonds. The van der Waals surface area contributed by atoms with Gasteiger partial charge in [0.05, 0.1) is 11.6 Å². The highest BCUT2D eigenvalue weighted by Gasteiger charge is 2.10. The summed E-state index contributed by atoms with van der Waals surface area (Å²) in [4.78, 5) is 8.71. The lowest BCUT2D eigenvalue weighted by Gasteiger charge is -2.09. The van der Waals surface area contributed by atoms with Crippen LogP contribution in [0, 0.1) is 12.7 Å². The Hall–Kier alpha value is -2.70. The van der Waals surface area contributed by atoms with E-state index in [4.69, 9.17) is 0 Å². The summed E-state index contributed by atoms with van der Waals surface area (Å²) in [6.45, 7) is 4.51. The van der Waals surface area contributed by atoms with Gasteiger partial charge in [0.1, 0.15) is 11.6 Å². The van der Waals surface area contributed by atoms with Gasteiger partial charge in [0.15, 0.2) is 5.65 Å². The van der Waals surface area contributed by atoms with E-state index >= 15 is 0 Å². The molecule has 0 spiro atoms. The Balaban J connectivity index is 2.04. The number of aryl methyl sites for hydroxylation is 1. The van der Waals surface area contributed by atoms with E-state index in [-0.39, 0.29) is 5.82 Å². The lowest BCUT2D eigenvalue weighted by molar-refractivity contribution is 0.627. The zero-order valence-electron chi connectivity index (χ0n) is 11.7. The van der Waals surface area contributed by atoms with Crippen molar-refractivity contribution in [2.24, 2.45) is 0 Å². The third-order valence-corrected chi connectivity index (χ3v) is 2.95. The van der Waals surface area contributed by atoms with Gasteiger partial charge in [-0.15, -0.1) is 0 Å². The van der Waals surface area contributed by atoms with Crippen molar-refractivity contribution in [3.05, 3.63) is 35.8 Å². The molecule has 1 aromatic carbocycles. The summed E-state index contributed by atoms with van der Waals surface area (Å²) in [5.74, 6) is 0.779. The third kappa shape index (κ3) is 2.76. The third-order valence-electron chi connectivity index (χ3n) is 2.95. The largest absolute Gasteiger partial charge is 0.354 e. The smallest absolute Gasteiger partial charge is 0.226 e. The number of H-pyrrole nitrogens is 1. The van der Waals surface area contributed by atoms with E-state index in [9.17, 15) is 4.39 Å². The molecule has 108 valence electrons. The van der Waals surface area contributed by atoms with Crippen molar-refractivity contribution in [1.82, 2.24) is 20.2 Å². The summed E-state index contributed by atoms with van der Waals surface area (Å²) in [6, 6.07) is 4.75. The molecule has 0 aliphatic heterocycles. The Morgan fingerprint density at radius 3 is 2.86 bits per heavy atom. The SMILES string of the molecule is CCNc1nc(Nc2cc(C)cc(F)c2)c2cn[nH]c2n1. The highest BCUT2D eigenvalue weighted by atomic mass is 19.1. The minimum absolute atomic E-state index is 0.290. The maximum absolute atomic E-state index is 13.5. The maximum atomic E-state index is 13.5. The first-order chi connectivity index (χ1) is 10.2. The number of aromatic nitrogens is 4. The first kappa shape index (κ1) is 13.3. The molecular weight excluding hydrogens is 271 g/mol. The fourth-order valence-corrected chi connectivity index (χ4v) is 2.11. The number of aromatic amines is 1. The molecule has 0 bridgehead atoms. The Labute approximate surface area is 120 Å². The van der Waals surface area contributed by atoms with Crippen molar-refractivity contribution in [2.75, 3.05) is 17.2 Å². The number of fused-ring (bicyclic) bond motifs is 1. The van der Waals surface area contributed by atoms with Crippen LogP contribution in [0.1, 0.15) is 12.5 Å². The second-order valence-electron chi connectivity index (χ2n) is 4.70. The Kier molecular flexibility index (Phi) is 3.39. The molecule has 3 N–H and O–H groups in total. The highest BCUT2D eigenvalue weighted by Crippen LogP contribution is 2.24. The van der Waals surface area contributed by atoms with E-state index in [0.29, 0.717) is 29.6 Å². The molecule has 2 aromatic heterocycles. The Morgan fingerprint density at radius 2 is 2.10 bits per heavy atom. The van der Waals surface area contributed by atoms with Crippen LogP contribution in [0.4, 0.5) is 21.8 Å². The van der Waals surface area contributed by atoms with Gasteiger partial charge >= 0.3 is 0 Å². The van der Waals surface area contributed by atoms with Gasteiger partial charge in [-0.25, -0.2) is 4.39 Å². The van der Waals surface area contributed by atoms with Crippen molar-refractivity contribution in [3.8, 4) is 0 Å². The molecule has 0 aliphatic rings. The lowest BCUT2D eigenvalue weighted by atomic mass is 10.2. The monoisotopic (exact) mass is 286 g/mol. The van der Waals surface area contributed by atoms with Crippen molar-refractivity contribution >= 4 is 28.5 Å². The molecular formula is C14H15FN6. The van der Waals surface area contributed by atoms with Gasteiger partial charge in [-0.05, 0) is 37.6 Å². The number of anilines is 3. The van der Waals surface area contributed by atoms with E-state index in [1.165, 1.54) is 12.1 Å². The summed E-state index contributed by atoms with van der Waals surface area (Å²) in [5, 5.41) is 13.7. The first-order valence-electron chi connectivity index (χ1n) is 6.65. The van der Waals surface area contributed by atoms with Gasteiger partial charge in [0, 0.05) is 12.2 Å². The quantitative estimate of drug-likeness (QED) is 0.687. The molecule has 3 rings (SSSR count). The van der Waals surface area contributed by atoms with Crippen LogP contribution >= 0.6 is 0 Å². The number of nitrogens with one attached hydrogen (secondary N) is 3. The van der Waals surface area contributed by atoms with Crippen LogP contribution in [-0.2, 0) is 0 Å². The molecule has 2 heterocycles. The van der Waals surface area contributed by atoms with Crippen LogP contribution < -0.4 is 10.6 Å². The lowest BCUT2D eigenvalue weighted by Crippen LogP contribution is -2.05. The first-order valence-corrected chi connectivity index (χ1v) is 6.65. The van der Waals surface area contributed by atoms with Gasteiger partial charge in [-0.1, -0.05) is 0 Å². The van der Waals surface area contributed by atoms with Gasteiger partial charge in [-0.2, -0.15) is 15.1 Å². The number of hydrogen-bond acceptors (Lipinski definition) is 5. The summed E-state index contributed by atoms with van der Waals surface area (Å²) in [6.07, 6.45) is 1.64. The summed E-state index contributed by atoms with van der Waals surface area (Å²) < 4.78 is 13.5. The average Bonchev–Trinajstić information content (AvgIpc) is 2.86. The van der Waals surface area contributed by atoms with E-state index in [1.54, 1.807) is 6.20 Å². The number of halogens is 1. The molecule has 0 unspecified atom stereocenters. The average molecular weight is 286 g/mol. The summed E-state index contributed by atoms with van der Waals surface area (Å²) in [7, 11) is 0. The van der Waals surface area contributed by atoms with Crippen LogP contribution in [-0.4, -0.2) is 26.7 Å². The minimum Gasteiger partial charge on any atom is -0.354 e. The minimum atomic E-state index is -0.290. The van der Waals surface area contributed by atoms with Crippen molar-refractivity contribution in [3.63, 3.8) is 0 Å².